The van der Waals surface area contributed by atoms with Crippen LogP contribution >= 0.6 is 0 Å². The molecule has 0 amide bonds. The molecule has 1 rings (SSSR count). The van der Waals surface area contributed by atoms with Crippen molar-refractivity contribution in [1.29, 1.82) is 0 Å². The highest BCUT2D eigenvalue weighted by molar-refractivity contribution is 7.91. The van der Waals surface area contributed by atoms with E-state index in [9.17, 15) is 8.42 Å². The molecule has 0 heterocycles. The zero-order valence-electron chi connectivity index (χ0n) is 8.03. The van der Waals surface area contributed by atoms with E-state index in [1.54, 1.807) is 12.1 Å². The molecule has 0 saturated heterocycles. The smallest absolute Gasteiger partial charge is 0.189 e. The third kappa shape index (κ3) is 2.36. The number of sulfone groups is 1. The van der Waals surface area contributed by atoms with E-state index in [0.29, 0.717) is 4.90 Å². The summed E-state index contributed by atoms with van der Waals surface area (Å²) in [5, 5.41) is 0. The fraction of sp³-hybridized carbons (Fsp3) is 0.273. The van der Waals surface area contributed by atoms with Gasteiger partial charge in [0.25, 0.3) is 0 Å². The van der Waals surface area contributed by atoms with Gasteiger partial charge in [-0.3, -0.25) is 0 Å². The summed E-state index contributed by atoms with van der Waals surface area (Å²) in [5.41, 5.74) is 1.12. The predicted octanol–water partition coefficient (Wildman–Crippen LogP) is 1.66. The average molecular weight is 208 g/mol. The first-order chi connectivity index (χ1) is 6.60. The van der Waals surface area contributed by atoms with Gasteiger partial charge in [0, 0.05) is 0 Å². The molecule has 0 aliphatic heterocycles. The SMILES string of the molecule is C#CCS(=O)(=O)c1ccc(CC)cc1. The third-order valence-corrected chi connectivity index (χ3v) is 3.50. The van der Waals surface area contributed by atoms with Gasteiger partial charge < -0.3 is 0 Å². The van der Waals surface area contributed by atoms with Crippen molar-refractivity contribution < 1.29 is 8.42 Å². The Morgan fingerprint density at radius 1 is 1.29 bits per heavy atom. The summed E-state index contributed by atoms with van der Waals surface area (Å²) in [6.07, 6.45) is 5.88. The third-order valence-electron chi connectivity index (χ3n) is 1.96. The normalized spacial score (nSPS) is 10.9. The van der Waals surface area contributed by atoms with Crippen molar-refractivity contribution in [2.24, 2.45) is 0 Å². The van der Waals surface area contributed by atoms with Crippen LogP contribution in [0.15, 0.2) is 29.2 Å². The van der Waals surface area contributed by atoms with Gasteiger partial charge in [0.1, 0.15) is 5.75 Å². The summed E-state index contributed by atoms with van der Waals surface area (Å²) >= 11 is 0. The molecule has 0 aliphatic rings. The topological polar surface area (TPSA) is 34.1 Å². The van der Waals surface area contributed by atoms with Gasteiger partial charge in [-0.15, -0.1) is 6.42 Å². The van der Waals surface area contributed by atoms with Gasteiger partial charge in [-0.1, -0.05) is 25.0 Å². The molecule has 1 aromatic rings. The minimum absolute atomic E-state index is 0.238. The summed E-state index contributed by atoms with van der Waals surface area (Å²) in [5.74, 6) is 1.91. The van der Waals surface area contributed by atoms with E-state index in [1.165, 1.54) is 0 Å². The summed E-state index contributed by atoms with van der Waals surface area (Å²) in [6.45, 7) is 2.02. The molecule has 0 aromatic heterocycles. The van der Waals surface area contributed by atoms with E-state index in [0.717, 1.165) is 12.0 Å². The molecule has 0 bridgehead atoms. The Kier molecular flexibility index (Phi) is 3.32. The molecule has 0 radical (unpaired) electrons. The van der Waals surface area contributed by atoms with Crippen LogP contribution in [-0.4, -0.2) is 14.2 Å². The van der Waals surface area contributed by atoms with E-state index in [2.05, 4.69) is 5.92 Å². The Morgan fingerprint density at radius 2 is 1.86 bits per heavy atom. The van der Waals surface area contributed by atoms with Gasteiger partial charge >= 0.3 is 0 Å². The summed E-state index contributed by atoms with van der Waals surface area (Å²) in [4.78, 5) is 0.299. The van der Waals surface area contributed by atoms with Crippen LogP contribution < -0.4 is 0 Å². The van der Waals surface area contributed by atoms with Crippen molar-refractivity contribution in [3.8, 4) is 12.3 Å². The van der Waals surface area contributed by atoms with E-state index in [4.69, 9.17) is 6.42 Å². The van der Waals surface area contributed by atoms with E-state index in [-0.39, 0.29) is 5.75 Å². The molecule has 0 N–H and O–H groups in total. The Labute approximate surface area is 84.9 Å². The van der Waals surface area contributed by atoms with E-state index in [1.807, 2.05) is 19.1 Å². The molecule has 0 unspecified atom stereocenters. The number of aryl methyl sites for hydroxylation is 1. The van der Waals surface area contributed by atoms with Crippen LogP contribution in [0.1, 0.15) is 12.5 Å². The lowest BCUT2D eigenvalue weighted by Gasteiger charge is -2.01. The minimum Gasteiger partial charge on any atom is -0.223 e. The summed E-state index contributed by atoms with van der Waals surface area (Å²) in [6, 6.07) is 6.82. The molecule has 14 heavy (non-hydrogen) atoms. The molecule has 0 fully saturated rings. The number of terminal acetylenes is 1. The van der Waals surface area contributed by atoms with Crippen LogP contribution in [0.3, 0.4) is 0 Å². The Balaban J connectivity index is 3.05. The zero-order chi connectivity index (χ0) is 10.6. The first-order valence-corrected chi connectivity index (χ1v) is 6.00. The van der Waals surface area contributed by atoms with Crippen molar-refractivity contribution >= 4 is 9.84 Å². The van der Waals surface area contributed by atoms with Crippen LogP contribution in [0.2, 0.25) is 0 Å². The lowest BCUT2D eigenvalue weighted by Crippen LogP contribution is -2.04. The Hall–Kier alpha value is -1.27. The maximum Gasteiger partial charge on any atom is 0.189 e. The van der Waals surface area contributed by atoms with Crippen molar-refractivity contribution in [3.63, 3.8) is 0 Å². The largest absolute Gasteiger partial charge is 0.223 e. The fourth-order valence-electron chi connectivity index (χ4n) is 1.13. The first-order valence-electron chi connectivity index (χ1n) is 4.35. The van der Waals surface area contributed by atoms with Gasteiger partial charge in [-0.05, 0) is 24.1 Å². The van der Waals surface area contributed by atoms with Gasteiger partial charge in [0.15, 0.2) is 9.84 Å². The van der Waals surface area contributed by atoms with Crippen LogP contribution in [0.25, 0.3) is 0 Å². The number of benzene rings is 1. The minimum atomic E-state index is -3.27. The van der Waals surface area contributed by atoms with Crippen LogP contribution in [-0.2, 0) is 16.3 Å². The molecule has 0 aliphatic carbocycles. The fourth-order valence-corrected chi connectivity index (χ4v) is 2.06. The van der Waals surface area contributed by atoms with Crippen molar-refractivity contribution in [2.45, 2.75) is 18.2 Å². The predicted molar refractivity (Wildman–Crippen MR) is 56.7 cm³/mol. The molecular weight excluding hydrogens is 196 g/mol. The highest BCUT2D eigenvalue weighted by Gasteiger charge is 2.11. The van der Waals surface area contributed by atoms with Crippen molar-refractivity contribution in [1.82, 2.24) is 0 Å². The number of hydrogen-bond acceptors (Lipinski definition) is 2. The van der Waals surface area contributed by atoms with E-state index >= 15 is 0 Å². The first kappa shape index (κ1) is 10.8. The maximum absolute atomic E-state index is 11.5. The number of hydrogen-bond donors (Lipinski definition) is 0. The van der Waals surface area contributed by atoms with E-state index < -0.39 is 9.84 Å². The molecule has 0 saturated carbocycles. The summed E-state index contributed by atoms with van der Waals surface area (Å²) < 4.78 is 23.0. The standard InChI is InChI=1S/C11H12O2S/c1-3-9-14(12,13)11-7-5-10(4-2)6-8-11/h1,5-8H,4,9H2,2H3. The second kappa shape index (κ2) is 4.30. The second-order valence-corrected chi connectivity index (χ2v) is 4.95. The van der Waals surface area contributed by atoms with Crippen molar-refractivity contribution in [3.05, 3.63) is 29.8 Å². The maximum atomic E-state index is 11.5. The molecule has 1 aromatic carbocycles. The average Bonchev–Trinajstić information content (AvgIpc) is 2.18. The van der Waals surface area contributed by atoms with Crippen LogP contribution in [0.4, 0.5) is 0 Å². The van der Waals surface area contributed by atoms with Crippen LogP contribution in [0, 0.1) is 12.3 Å². The van der Waals surface area contributed by atoms with Crippen molar-refractivity contribution in [2.75, 3.05) is 5.75 Å². The monoisotopic (exact) mass is 208 g/mol. The molecule has 0 atom stereocenters. The highest BCUT2D eigenvalue weighted by atomic mass is 32.2. The second-order valence-electron chi connectivity index (χ2n) is 2.96. The quantitative estimate of drug-likeness (QED) is 0.708. The summed E-state index contributed by atoms with van der Waals surface area (Å²) in [7, 11) is -3.27. The zero-order valence-corrected chi connectivity index (χ0v) is 8.84. The lowest BCUT2D eigenvalue weighted by molar-refractivity contribution is 0.599. The van der Waals surface area contributed by atoms with Gasteiger partial charge in [0.2, 0.25) is 0 Å². The molecule has 0 spiro atoms. The molecule has 2 nitrogen and oxygen atoms in total. The van der Waals surface area contributed by atoms with Gasteiger partial charge in [0.05, 0.1) is 4.90 Å². The van der Waals surface area contributed by atoms with Gasteiger partial charge in [-0.2, -0.15) is 0 Å². The highest BCUT2D eigenvalue weighted by Crippen LogP contribution is 2.12. The molecular formula is C11H12O2S. The molecule has 74 valence electrons. The van der Waals surface area contributed by atoms with Gasteiger partial charge in [-0.25, -0.2) is 8.42 Å². The molecule has 3 heteroatoms. The van der Waals surface area contributed by atoms with Crippen LogP contribution in [0.5, 0.6) is 0 Å². The Morgan fingerprint density at radius 3 is 2.29 bits per heavy atom. The number of rotatable bonds is 3. The lowest BCUT2D eigenvalue weighted by atomic mass is 10.2. The Bertz CT molecular complexity index is 435.